The summed E-state index contributed by atoms with van der Waals surface area (Å²) in [4.78, 5) is 23.6. The topological polar surface area (TPSA) is 82.9 Å². The second-order valence-corrected chi connectivity index (χ2v) is 5.50. The van der Waals surface area contributed by atoms with E-state index in [2.05, 4.69) is 21.1 Å². The largest absolute Gasteiger partial charge is 0.271 e. The summed E-state index contributed by atoms with van der Waals surface area (Å²) in [6.07, 6.45) is 3.29. The van der Waals surface area contributed by atoms with Crippen molar-refractivity contribution in [2.75, 3.05) is 0 Å². The maximum Gasteiger partial charge on any atom is 0.271 e. The fourth-order valence-corrected chi connectivity index (χ4v) is 1.39. The summed E-state index contributed by atoms with van der Waals surface area (Å²) in [6.45, 7) is 7.85. The van der Waals surface area contributed by atoms with Gasteiger partial charge in [-0.05, 0) is 36.1 Å². The minimum Gasteiger partial charge on any atom is -0.267 e. The third-order valence-corrected chi connectivity index (χ3v) is 2.49. The van der Waals surface area contributed by atoms with E-state index in [1.165, 1.54) is 0 Å². The second kappa shape index (κ2) is 8.71. The molecule has 0 heterocycles. The minimum atomic E-state index is -0.318. The molecule has 6 heteroatoms. The molecule has 1 aromatic carbocycles. The third-order valence-electron chi connectivity index (χ3n) is 2.49. The molecule has 0 aliphatic rings. The quantitative estimate of drug-likeness (QED) is 0.625. The molecule has 0 fully saturated rings. The Morgan fingerprint density at radius 1 is 0.818 bits per heavy atom. The predicted molar refractivity (Wildman–Crippen MR) is 88.0 cm³/mol. The Bertz CT molecular complexity index is 509. The average molecular weight is 302 g/mol. The van der Waals surface area contributed by atoms with E-state index in [4.69, 9.17) is 0 Å². The smallest absolute Gasteiger partial charge is 0.267 e. The molecule has 1 aromatic rings. The van der Waals surface area contributed by atoms with Gasteiger partial charge in [0.25, 0.3) is 11.8 Å². The maximum absolute atomic E-state index is 11.8. The van der Waals surface area contributed by atoms with Crippen molar-refractivity contribution in [1.29, 1.82) is 0 Å². The summed E-state index contributed by atoms with van der Waals surface area (Å²) in [7, 11) is 0. The Kier molecular flexibility index (Phi) is 6.95. The van der Waals surface area contributed by atoms with E-state index in [1.54, 1.807) is 36.7 Å². The average Bonchev–Trinajstić information content (AvgIpc) is 2.46. The molecule has 0 radical (unpaired) electrons. The highest BCUT2D eigenvalue weighted by Crippen LogP contribution is 2.04. The Balaban J connectivity index is 2.62. The van der Waals surface area contributed by atoms with Gasteiger partial charge in [0.2, 0.25) is 0 Å². The first-order valence-corrected chi connectivity index (χ1v) is 7.17. The van der Waals surface area contributed by atoms with Gasteiger partial charge in [-0.25, -0.2) is 10.9 Å². The number of amides is 2. The van der Waals surface area contributed by atoms with Crippen LogP contribution in [0.5, 0.6) is 0 Å². The van der Waals surface area contributed by atoms with Gasteiger partial charge in [-0.1, -0.05) is 27.7 Å². The summed E-state index contributed by atoms with van der Waals surface area (Å²) in [6, 6.07) is 6.28. The van der Waals surface area contributed by atoms with Crippen LogP contribution in [0.4, 0.5) is 0 Å². The van der Waals surface area contributed by atoms with Gasteiger partial charge in [-0.3, -0.25) is 9.59 Å². The maximum atomic E-state index is 11.8. The number of rotatable bonds is 6. The van der Waals surface area contributed by atoms with Crippen LogP contribution in [0.25, 0.3) is 0 Å². The van der Waals surface area contributed by atoms with Gasteiger partial charge in [-0.15, -0.1) is 0 Å². The SMILES string of the molecule is CC(C)/C=N\NC(=O)c1ccc(C(=O)N/N=C\C(C)C)cc1. The van der Waals surface area contributed by atoms with Gasteiger partial charge in [0.15, 0.2) is 0 Å². The van der Waals surface area contributed by atoms with E-state index < -0.39 is 0 Å². The van der Waals surface area contributed by atoms with Crippen LogP contribution in [-0.4, -0.2) is 24.2 Å². The first kappa shape index (κ1) is 17.6. The Morgan fingerprint density at radius 2 is 1.14 bits per heavy atom. The number of nitrogens with one attached hydrogen (secondary N) is 2. The van der Waals surface area contributed by atoms with Crippen molar-refractivity contribution >= 4 is 24.2 Å². The summed E-state index contributed by atoms with van der Waals surface area (Å²) >= 11 is 0. The molecule has 6 nitrogen and oxygen atoms in total. The van der Waals surface area contributed by atoms with Crippen LogP contribution in [0, 0.1) is 11.8 Å². The molecule has 0 aliphatic carbocycles. The van der Waals surface area contributed by atoms with Crippen molar-refractivity contribution in [3.05, 3.63) is 35.4 Å². The lowest BCUT2D eigenvalue weighted by Gasteiger charge is -2.03. The molecule has 0 saturated heterocycles. The van der Waals surface area contributed by atoms with Crippen molar-refractivity contribution in [2.24, 2.45) is 22.0 Å². The number of hydrogen-bond acceptors (Lipinski definition) is 4. The van der Waals surface area contributed by atoms with Crippen LogP contribution in [0.2, 0.25) is 0 Å². The molecule has 0 bridgehead atoms. The summed E-state index contributed by atoms with van der Waals surface area (Å²) in [5.74, 6) is -0.112. The number of hydrogen-bond donors (Lipinski definition) is 2. The zero-order valence-electron chi connectivity index (χ0n) is 13.3. The molecule has 0 aliphatic heterocycles. The van der Waals surface area contributed by atoms with Gasteiger partial charge in [0, 0.05) is 23.6 Å². The zero-order valence-corrected chi connectivity index (χ0v) is 13.3. The van der Waals surface area contributed by atoms with Crippen molar-refractivity contribution in [1.82, 2.24) is 10.9 Å². The normalized spacial score (nSPS) is 11.5. The molecule has 118 valence electrons. The summed E-state index contributed by atoms with van der Waals surface area (Å²) < 4.78 is 0. The molecule has 0 aromatic heterocycles. The summed E-state index contributed by atoms with van der Waals surface area (Å²) in [5.41, 5.74) is 5.73. The molecule has 22 heavy (non-hydrogen) atoms. The number of carbonyl (C=O) groups is 2. The van der Waals surface area contributed by atoms with Crippen molar-refractivity contribution in [3.63, 3.8) is 0 Å². The van der Waals surface area contributed by atoms with Gasteiger partial charge < -0.3 is 0 Å². The van der Waals surface area contributed by atoms with E-state index in [0.29, 0.717) is 11.1 Å². The predicted octanol–water partition coefficient (Wildman–Crippen LogP) is 2.43. The fourth-order valence-electron chi connectivity index (χ4n) is 1.39. The van der Waals surface area contributed by atoms with Crippen LogP contribution in [0.15, 0.2) is 34.5 Å². The molecule has 1 rings (SSSR count). The second-order valence-electron chi connectivity index (χ2n) is 5.50. The third kappa shape index (κ3) is 6.30. The standard InChI is InChI=1S/C16H22N4O2/c1-11(2)9-17-19-15(21)13-5-7-14(8-6-13)16(22)20-18-10-12(3)4/h5-12H,1-4H3,(H,19,21)(H,20,22)/b17-9-,18-10-. The highest BCUT2D eigenvalue weighted by atomic mass is 16.2. The van der Waals surface area contributed by atoms with E-state index in [9.17, 15) is 9.59 Å². The molecule has 0 atom stereocenters. The molecule has 2 N–H and O–H groups in total. The zero-order chi connectivity index (χ0) is 16.5. The van der Waals surface area contributed by atoms with Gasteiger partial charge in [-0.2, -0.15) is 10.2 Å². The first-order valence-electron chi connectivity index (χ1n) is 7.17. The molecule has 0 unspecified atom stereocenters. The minimum absolute atomic E-state index is 0.262. The lowest BCUT2D eigenvalue weighted by atomic mass is 10.1. The molecular formula is C16H22N4O2. The molecule has 2 amide bonds. The van der Waals surface area contributed by atoms with Crippen molar-refractivity contribution in [3.8, 4) is 0 Å². The Morgan fingerprint density at radius 3 is 1.41 bits per heavy atom. The number of hydrazone groups is 2. The monoisotopic (exact) mass is 302 g/mol. The van der Waals surface area contributed by atoms with Gasteiger partial charge >= 0.3 is 0 Å². The van der Waals surface area contributed by atoms with Crippen LogP contribution in [0.1, 0.15) is 48.4 Å². The fraction of sp³-hybridized carbons (Fsp3) is 0.375. The van der Waals surface area contributed by atoms with E-state index in [-0.39, 0.29) is 23.7 Å². The first-order chi connectivity index (χ1) is 10.4. The molecule has 0 spiro atoms. The van der Waals surface area contributed by atoms with Gasteiger partial charge in [0.05, 0.1) is 0 Å². The number of carbonyl (C=O) groups excluding carboxylic acids is 2. The highest BCUT2D eigenvalue weighted by Gasteiger charge is 2.07. The van der Waals surface area contributed by atoms with Crippen molar-refractivity contribution in [2.45, 2.75) is 27.7 Å². The summed E-state index contributed by atoms with van der Waals surface area (Å²) in [5, 5.41) is 7.68. The highest BCUT2D eigenvalue weighted by molar-refractivity contribution is 5.97. The number of nitrogens with zero attached hydrogens (tertiary/aromatic N) is 2. The van der Waals surface area contributed by atoms with E-state index in [1.807, 2.05) is 27.7 Å². The Labute approximate surface area is 130 Å². The van der Waals surface area contributed by atoms with Crippen LogP contribution in [0.3, 0.4) is 0 Å². The van der Waals surface area contributed by atoms with Crippen molar-refractivity contribution < 1.29 is 9.59 Å². The van der Waals surface area contributed by atoms with Crippen LogP contribution in [-0.2, 0) is 0 Å². The van der Waals surface area contributed by atoms with E-state index >= 15 is 0 Å². The number of benzene rings is 1. The molecule has 0 saturated carbocycles. The lowest BCUT2D eigenvalue weighted by molar-refractivity contribution is 0.0943. The lowest BCUT2D eigenvalue weighted by Crippen LogP contribution is -2.20. The Hall–Kier alpha value is -2.50. The van der Waals surface area contributed by atoms with Crippen LogP contribution >= 0.6 is 0 Å². The van der Waals surface area contributed by atoms with E-state index in [0.717, 1.165) is 0 Å². The van der Waals surface area contributed by atoms with Crippen LogP contribution < -0.4 is 10.9 Å². The molecular weight excluding hydrogens is 280 g/mol. The van der Waals surface area contributed by atoms with Gasteiger partial charge in [0.1, 0.15) is 0 Å².